The van der Waals surface area contributed by atoms with Gasteiger partial charge in [0.1, 0.15) is 11.6 Å². The van der Waals surface area contributed by atoms with Crippen LogP contribution in [0.4, 0.5) is 0 Å². The first-order valence-electron chi connectivity index (χ1n) is 5.82. The fourth-order valence-corrected chi connectivity index (χ4v) is 1.99. The highest BCUT2D eigenvalue weighted by Crippen LogP contribution is 2.25. The van der Waals surface area contributed by atoms with Crippen LogP contribution in [0.3, 0.4) is 0 Å². The lowest BCUT2D eigenvalue weighted by molar-refractivity contribution is 0.102. The van der Waals surface area contributed by atoms with E-state index in [1.165, 1.54) is 12.8 Å². The molecular formula is C11H20N4O. The molecule has 1 atom stereocenters. The van der Waals surface area contributed by atoms with E-state index in [1.54, 1.807) is 4.68 Å². The Morgan fingerprint density at radius 1 is 1.50 bits per heavy atom. The summed E-state index contributed by atoms with van der Waals surface area (Å²) >= 11 is 0. The van der Waals surface area contributed by atoms with Gasteiger partial charge in [-0.1, -0.05) is 0 Å². The Kier molecular flexibility index (Phi) is 3.25. The molecule has 1 aliphatic rings. The molecule has 90 valence electrons. The molecule has 0 amide bonds. The van der Waals surface area contributed by atoms with Crippen LogP contribution in [0.15, 0.2) is 0 Å². The Labute approximate surface area is 96.1 Å². The van der Waals surface area contributed by atoms with Crippen molar-refractivity contribution < 1.29 is 5.11 Å². The second-order valence-electron chi connectivity index (χ2n) is 4.71. The second-order valence-corrected chi connectivity index (χ2v) is 4.71. The molecule has 2 rings (SSSR count). The van der Waals surface area contributed by atoms with E-state index >= 15 is 0 Å². The number of nitrogens with zero attached hydrogens (tertiary/aromatic N) is 4. The topological polar surface area (TPSA) is 54.2 Å². The highest BCUT2D eigenvalue weighted by molar-refractivity contribution is 4.89. The normalized spacial score (nSPS) is 18.1. The minimum Gasteiger partial charge on any atom is -0.390 e. The van der Waals surface area contributed by atoms with Crippen LogP contribution in [0.2, 0.25) is 0 Å². The second kappa shape index (κ2) is 4.51. The summed E-state index contributed by atoms with van der Waals surface area (Å²) in [7, 11) is 2.07. The quantitative estimate of drug-likeness (QED) is 0.784. The van der Waals surface area contributed by atoms with E-state index in [4.69, 9.17) is 0 Å². The predicted octanol–water partition coefficient (Wildman–Crippen LogP) is 0.350. The summed E-state index contributed by atoms with van der Waals surface area (Å²) in [6.45, 7) is 5.02. The van der Waals surface area contributed by atoms with Gasteiger partial charge in [-0.3, -0.25) is 0 Å². The molecule has 5 nitrogen and oxygen atoms in total. The van der Waals surface area contributed by atoms with Crippen LogP contribution in [-0.4, -0.2) is 50.5 Å². The Bertz CT molecular complexity index is 359. The summed E-state index contributed by atoms with van der Waals surface area (Å²) in [5.74, 6) is 1.63. The molecule has 1 unspecified atom stereocenters. The average molecular weight is 224 g/mol. The number of aliphatic hydroxyl groups is 1. The van der Waals surface area contributed by atoms with Crippen molar-refractivity contribution in [1.29, 1.82) is 0 Å². The highest BCUT2D eigenvalue weighted by Gasteiger charge is 2.27. The standard InChI is InChI=1S/C11H20N4O/c1-8-12-9(2)15(13-8)7-11(16)6-14(3)10-4-5-10/h10-11,16H,4-7H2,1-3H3. The summed E-state index contributed by atoms with van der Waals surface area (Å²) in [5.41, 5.74) is 0. The van der Waals surface area contributed by atoms with Gasteiger partial charge in [0.2, 0.25) is 0 Å². The predicted molar refractivity (Wildman–Crippen MR) is 61.2 cm³/mol. The van der Waals surface area contributed by atoms with Gasteiger partial charge in [-0.15, -0.1) is 0 Å². The van der Waals surface area contributed by atoms with E-state index in [0.29, 0.717) is 19.1 Å². The lowest BCUT2D eigenvalue weighted by Gasteiger charge is -2.20. The maximum Gasteiger partial charge on any atom is 0.147 e. The zero-order chi connectivity index (χ0) is 11.7. The van der Waals surface area contributed by atoms with Gasteiger partial charge in [0, 0.05) is 12.6 Å². The smallest absolute Gasteiger partial charge is 0.147 e. The van der Waals surface area contributed by atoms with Crippen LogP contribution in [0.25, 0.3) is 0 Å². The van der Waals surface area contributed by atoms with Crippen LogP contribution in [0.1, 0.15) is 24.5 Å². The maximum atomic E-state index is 9.95. The highest BCUT2D eigenvalue weighted by atomic mass is 16.3. The third kappa shape index (κ3) is 2.80. The zero-order valence-corrected chi connectivity index (χ0v) is 10.2. The molecule has 0 aromatic carbocycles. The minimum atomic E-state index is -0.370. The largest absolute Gasteiger partial charge is 0.390 e. The van der Waals surface area contributed by atoms with Crippen molar-refractivity contribution in [3.05, 3.63) is 11.6 Å². The maximum absolute atomic E-state index is 9.95. The molecule has 0 aliphatic heterocycles. The molecule has 0 saturated heterocycles. The van der Waals surface area contributed by atoms with E-state index < -0.39 is 0 Å². The Balaban J connectivity index is 1.86. The van der Waals surface area contributed by atoms with Gasteiger partial charge in [0.05, 0.1) is 12.6 Å². The summed E-state index contributed by atoms with van der Waals surface area (Å²) in [6.07, 6.45) is 2.17. The van der Waals surface area contributed by atoms with Crippen LogP contribution in [0.5, 0.6) is 0 Å². The number of aliphatic hydroxyl groups excluding tert-OH is 1. The number of hydrogen-bond acceptors (Lipinski definition) is 4. The van der Waals surface area contributed by atoms with Crippen molar-refractivity contribution in [3.63, 3.8) is 0 Å². The number of aromatic nitrogens is 3. The zero-order valence-electron chi connectivity index (χ0n) is 10.2. The van der Waals surface area contributed by atoms with Gasteiger partial charge in [-0.25, -0.2) is 9.67 Å². The molecule has 0 radical (unpaired) electrons. The molecular weight excluding hydrogens is 204 g/mol. The van der Waals surface area contributed by atoms with Crippen LogP contribution in [0, 0.1) is 13.8 Å². The molecule has 0 spiro atoms. The van der Waals surface area contributed by atoms with Gasteiger partial charge < -0.3 is 10.0 Å². The number of likely N-dealkylation sites (N-methyl/N-ethyl adjacent to an activating group) is 1. The molecule has 1 aliphatic carbocycles. The van der Waals surface area contributed by atoms with Crippen molar-refractivity contribution in [2.24, 2.45) is 0 Å². The Morgan fingerprint density at radius 2 is 2.19 bits per heavy atom. The Morgan fingerprint density at radius 3 is 2.69 bits per heavy atom. The van der Waals surface area contributed by atoms with Crippen LogP contribution >= 0.6 is 0 Å². The van der Waals surface area contributed by atoms with Gasteiger partial charge >= 0.3 is 0 Å². The van der Waals surface area contributed by atoms with Crippen LogP contribution < -0.4 is 0 Å². The first-order chi connectivity index (χ1) is 7.56. The van der Waals surface area contributed by atoms with Gasteiger partial charge in [-0.2, -0.15) is 5.10 Å². The molecule has 1 aromatic rings. The lowest BCUT2D eigenvalue weighted by atomic mass is 10.3. The number of rotatable bonds is 5. The summed E-state index contributed by atoms with van der Waals surface area (Å²) in [4.78, 5) is 6.44. The summed E-state index contributed by atoms with van der Waals surface area (Å²) in [5, 5.41) is 14.2. The van der Waals surface area contributed by atoms with Crippen molar-refractivity contribution in [2.75, 3.05) is 13.6 Å². The lowest BCUT2D eigenvalue weighted by Crippen LogP contribution is -2.33. The third-order valence-corrected chi connectivity index (χ3v) is 3.02. The van der Waals surface area contributed by atoms with Crippen molar-refractivity contribution in [2.45, 2.75) is 45.4 Å². The molecule has 16 heavy (non-hydrogen) atoms. The van der Waals surface area contributed by atoms with E-state index in [9.17, 15) is 5.11 Å². The molecule has 1 N–H and O–H groups in total. The van der Waals surface area contributed by atoms with Crippen molar-refractivity contribution in [3.8, 4) is 0 Å². The molecule has 1 heterocycles. The van der Waals surface area contributed by atoms with Gasteiger partial charge in [-0.05, 0) is 33.7 Å². The van der Waals surface area contributed by atoms with Gasteiger partial charge in [0.25, 0.3) is 0 Å². The minimum absolute atomic E-state index is 0.370. The van der Waals surface area contributed by atoms with Crippen LogP contribution in [-0.2, 0) is 6.54 Å². The molecule has 0 bridgehead atoms. The van der Waals surface area contributed by atoms with Crippen molar-refractivity contribution in [1.82, 2.24) is 19.7 Å². The SMILES string of the molecule is Cc1nc(C)n(CC(O)CN(C)C2CC2)n1. The van der Waals surface area contributed by atoms with E-state index in [2.05, 4.69) is 22.0 Å². The molecule has 1 aromatic heterocycles. The molecule has 1 fully saturated rings. The van der Waals surface area contributed by atoms with E-state index in [1.807, 2.05) is 13.8 Å². The fourth-order valence-electron chi connectivity index (χ4n) is 1.99. The molecule has 5 heteroatoms. The third-order valence-electron chi connectivity index (χ3n) is 3.02. The van der Waals surface area contributed by atoms with E-state index in [-0.39, 0.29) is 6.10 Å². The van der Waals surface area contributed by atoms with E-state index in [0.717, 1.165) is 11.6 Å². The average Bonchev–Trinajstić information content (AvgIpc) is 2.95. The van der Waals surface area contributed by atoms with Gasteiger partial charge in [0.15, 0.2) is 0 Å². The molecule has 1 saturated carbocycles. The Hall–Kier alpha value is -0.940. The monoisotopic (exact) mass is 224 g/mol. The number of hydrogen-bond donors (Lipinski definition) is 1. The van der Waals surface area contributed by atoms with Crippen molar-refractivity contribution >= 4 is 0 Å². The number of aryl methyl sites for hydroxylation is 2. The first kappa shape index (κ1) is 11.5. The summed E-state index contributed by atoms with van der Waals surface area (Å²) in [6, 6.07) is 0.688. The first-order valence-corrected chi connectivity index (χ1v) is 5.82. The fraction of sp³-hybridized carbons (Fsp3) is 0.818. The summed E-state index contributed by atoms with van der Waals surface area (Å²) < 4.78 is 1.78.